The first-order chi connectivity index (χ1) is 13.7. The molecule has 1 amide bonds. The van der Waals surface area contributed by atoms with Gasteiger partial charge < -0.3 is 10.1 Å². The summed E-state index contributed by atoms with van der Waals surface area (Å²) in [4.78, 5) is 13.0. The Morgan fingerprint density at radius 1 is 1.10 bits per heavy atom. The Morgan fingerprint density at radius 2 is 1.86 bits per heavy atom. The maximum absolute atomic E-state index is 13.1. The summed E-state index contributed by atoms with van der Waals surface area (Å²) in [7, 11) is -2.11. The molecule has 3 rings (SSSR count). The Morgan fingerprint density at radius 3 is 2.52 bits per heavy atom. The number of carbonyl (C=O) groups excluding carboxylic acids is 1. The number of benzene rings is 2. The van der Waals surface area contributed by atoms with Crippen LogP contribution in [0.5, 0.6) is 5.75 Å². The molecule has 0 aromatic heterocycles. The van der Waals surface area contributed by atoms with Crippen molar-refractivity contribution in [2.45, 2.75) is 38.5 Å². The Hall–Kier alpha value is -2.38. The molecule has 156 valence electrons. The van der Waals surface area contributed by atoms with E-state index in [1.165, 1.54) is 4.31 Å². The van der Waals surface area contributed by atoms with E-state index in [2.05, 4.69) is 5.32 Å². The standard InChI is InChI=1S/C22H28N2O4S/c1-15-7-9-20(16(2)12-15)23-22(25)18-6-5-11-24(14-18)29(26,27)19-8-10-21(28-4)17(3)13-19/h7-10,12-13,18H,5-6,11,14H2,1-4H3,(H,23,25). The third-order valence-corrected chi connectivity index (χ3v) is 7.26. The number of rotatable bonds is 5. The molecular formula is C22H28N2O4S. The van der Waals surface area contributed by atoms with Crippen LogP contribution in [-0.2, 0) is 14.8 Å². The third kappa shape index (κ3) is 4.62. The molecule has 1 aliphatic heterocycles. The molecule has 1 aliphatic rings. The number of amides is 1. The fourth-order valence-corrected chi connectivity index (χ4v) is 5.33. The van der Waals surface area contributed by atoms with E-state index < -0.39 is 10.0 Å². The minimum atomic E-state index is -3.66. The summed E-state index contributed by atoms with van der Waals surface area (Å²) < 4.78 is 32.9. The highest BCUT2D eigenvalue weighted by Crippen LogP contribution is 2.28. The van der Waals surface area contributed by atoms with Gasteiger partial charge in [-0.25, -0.2) is 8.42 Å². The lowest BCUT2D eigenvalue weighted by Crippen LogP contribution is -2.43. The van der Waals surface area contributed by atoms with E-state index in [9.17, 15) is 13.2 Å². The number of nitrogens with zero attached hydrogens (tertiary/aromatic N) is 1. The van der Waals surface area contributed by atoms with Crippen molar-refractivity contribution in [3.63, 3.8) is 0 Å². The number of piperidine rings is 1. The molecule has 1 atom stereocenters. The van der Waals surface area contributed by atoms with Gasteiger partial charge in [-0.3, -0.25) is 4.79 Å². The normalized spacial score (nSPS) is 17.7. The number of ether oxygens (including phenoxy) is 1. The monoisotopic (exact) mass is 416 g/mol. The average Bonchev–Trinajstić information content (AvgIpc) is 2.70. The van der Waals surface area contributed by atoms with Gasteiger partial charge in [-0.15, -0.1) is 0 Å². The summed E-state index contributed by atoms with van der Waals surface area (Å²) in [6, 6.07) is 10.7. The molecule has 6 nitrogen and oxygen atoms in total. The third-order valence-electron chi connectivity index (χ3n) is 5.40. The van der Waals surface area contributed by atoms with Crippen molar-refractivity contribution < 1.29 is 17.9 Å². The van der Waals surface area contributed by atoms with Crippen molar-refractivity contribution in [3.05, 3.63) is 53.1 Å². The largest absolute Gasteiger partial charge is 0.496 e. The van der Waals surface area contributed by atoms with E-state index in [-0.39, 0.29) is 23.3 Å². The van der Waals surface area contributed by atoms with Gasteiger partial charge in [0.15, 0.2) is 0 Å². The van der Waals surface area contributed by atoms with Crippen molar-refractivity contribution in [3.8, 4) is 5.75 Å². The van der Waals surface area contributed by atoms with Crippen LogP contribution in [0.15, 0.2) is 41.3 Å². The number of anilines is 1. The molecule has 0 radical (unpaired) electrons. The predicted molar refractivity (Wildman–Crippen MR) is 114 cm³/mol. The highest BCUT2D eigenvalue weighted by Gasteiger charge is 2.33. The van der Waals surface area contributed by atoms with Crippen LogP contribution in [0.25, 0.3) is 0 Å². The minimum Gasteiger partial charge on any atom is -0.496 e. The van der Waals surface area contributed by atoms with Crippen LogP contribution in [0, 0.1) is 26.7 Å². The summed E-state index contributed by atoms with van der Waals surface area (Å²) in [5.41, 5.74) is 3.65. The molecule has 1 N–H and O–H groups in total. The lowest BCUT2D eigenvalue weighted by atomic mass is 9.98. The minimum absolute atomic E-state index is 0.136. The van der Waals surface area contributed by atoms with E-state index in [1.54, 1.807) is 25.3 Å². The predicted octanol–water partition coefficient (Wildman–Crippen LogP) is 3.66. The summed E-state index contributed by atoms with van der Waals surface area (Å²) in [5.74, 6) is 0.134. The van der Waals surface area contributed by atoms with Crippen LogP contribution < -0.4 is 10.1 Å². The fourth-order valence-electron chi connectivity index (χ4n) is 3.72. The Balaban J connectivity index is 1.75. The number of nitrogens with one attached hydrogen (secondary N) is 1. The summed E-state index contributed by atoms with van der Waals surface area (Å²) >= 11 is 0. The van der Waals surface area contributed by atoms with Crippen LogP contribution in [0.2, 0.25) is 0 Å². The van der Waals surface area contributed by atoms with E-state index in [0.29, 0.717) is 25.1 Å². The number of hydrogen-bond donors (Lipinski definition) is 1. The van der Waals surface area contributed by atoms with Crippen LogP contribution in [0.3, 0.4) is 0 Å². The lowest BCUT2D eigenvalue weighted by molar-refractivity contribution is -0.120. The number of aryl methyl sites for hydroxylation is 3. The zero-order valence-corrected chi connectivity index (χ0v) is 18.2. The summed E-state index contributed by atoms with van der Waals surface area (Å²) in [5, 5.41) is 2.97. The zero-order valence-electron chi connectivity index (χ0n) is 17.4. The number of hydrogen-bond acceptors (Lipinski definition) is 4. The molecule has 2 aromatic rings. The first-order valence-corrected chi connectivity index (χ1v) is 11.2. The number of sulfonamides is 1. The van der Waals surface area contributed by atoms with Crippen LogP contribution >= 0.6 is 0 Å². The fraction of sp³-hybridized carbons (Fsp3) is 0.409. The van der Waals surface area contributed by atoms with Crippen molar-refractivity contribution >= 4 is 21.6 Å². The van der Waals surface area contributed by atoms with Crippen LogP contribution in [-0.4, -0.2) is 38.8 Å². The van der Waals surface area contributed by atoms with E-state index in [1.807, 2.05) is 39.0 Å². The Labute approximate surface area is 172 Å². The molecule has 1 heterocycles. The Bertz CT molecular complexity index is 1020. The van der Waals surface area contributed by atoms with Crippen molar-refractivity contribution in [2.24, 2.45) is 5.92 Å². The van der Waals surface area contributed by atoms with Crippen LogP contribution in [0.1, 0.15) is 29.5 Å². The van der Waals surface area contributed by atoms with Gasteiger partial charge in [-0.1, -0.05) is 17.7 Å². The molecular weight excluding hydrogens is 388 g/mol. The van der Waals surface area contributed by atoms with Crippen molar-refractivity contribution in [1.82, 2.24) is 4.31 Å². The lowest BCUT2D eigenvalue weighted by Gasteiger charge is -2.31. The second-order valence-electron chi connectivity index (χ2n) is 7.64. The molecule has 0 bridgehead atoms. The first-order valence-electron chi connectivity index (χ1n) is 9.75. The Kier molecular flexibility index (Phi) is 6.29. The highest BCUT2D eigenvalue weighted by molar-refractivity contribution is 7.89. The summed E-state index contributed by atoms with van der Waals surface area (Å²) in [6.45, 7) is 6.37. The molecule has 2 aromatic carbocycles. The molecule has 1 saturated heterocycles. The van der Waals surface area contributed by atoms with Gasteiger partial charge in [0.1, 0.15) is 5.75 Å². The summed E-state index contributed by atoms with van der Waals surface area (Å²) in [6.07, 6.45) is 1.32. The quantitative estimate of drug-likeness (QED) is 0.807. The first kappa shape index (κ1) is 21.3. The molecule has 7 heteroatoms. The maximum Gasteiger partial charge on any atom is 0.243 e. The second kappa shape index (κ2) is 8.55. The van der Waals surface area contributed by atoms with Gasteiger partial charge in [0, 0.05) is 18.8 Å². The molecule has 1 fully saturated rings. The number of carbonyl (C=O) groups is 1. The van der Waals surface area contributed by atoms with E-state index in [4.69, 9.17) is 4.74 Å². The van der Waals surface area contributed by atoms with E-state index >= 15 is 0 Å². The van der Waals surface area contributed by atoms with Gasteiger partial charge in [-0.2, -0.15) is 4.31 Å². The molecule has 29 heavy (non-hydrogen) atoms. The van der Waals surface area contributed by atoms with Gasteiger partial charge in [-0.05, 0) is 69.0 Å². The molecule has 0 aliphatic carbocycles. The zero-order chi connectivity index (χ0) is 21.2. The van der Waals surface area contributed by atoms with Gasteiger partial charge >= 0.3 is 0 Å². The smallest absolute Gasteiger partial charge is 0.243 e. The second-order valence-corrected chi connectivity index (χ2v) is 9.58. The maximum atomic E-state index is 13.1. The van der Waals surface area contributed by atoms with Crippen molar-refractivity contribution in [1.29, 1.82) is 0 Å². The van der Waals surface area contributed by atoms with Crippen LogP contribution in [0.4, 0.5) is 5.69 Å². The van der Waals surface area contributed by atoms with Gasteiger partial charge in [0.05, 0.1) is 17.9 Å². The molecule has 0 saturated carbocycles. The average molecular weight is 417 g/mol. The van der Waals surface area contributed by atoms with E-state index in [0.717, 1.165) is 22.4 Å². The topological polar surface area (TPSA) is 75.7 Å². The van der Waals surface area contributed by atoms with Gasteiger partial charge in [0.25, 0.3) is 0 Å². The highest BCUT2D eigenvalue weighted by atomic mass is 32.2. The SMILES string of the molecule is COc1ccc(S(=O)(=O)N2CCCC(C(=O)Nc3ccc(C)cc3C)C2)cc1C. The molecule has 0 spiro atoms. The van der Waals surface area contributed by atoms with Gasteiger partial charge in [0.2, 0.25) is 15.9 Å². The molecule has 1 unspecified atom stereocenters. The number of methoxy groups -OCH3 is 1. The van der Waals surface area contributed by atoms with Crippen molar-refractivity contribution in [2.75, 3.05) is 25.5 Å².